The number of aromatic nitrogens is 3. The number of benzene rings is 1. The summed E-state index contributed by atoms with van der Waals surface area (Å²) in [6.45, 7) is 4.23. The lowest BCUT2D eigenvalue weighted by molar-refractivity contribution is 0.297. The maximum absolute atomic E-state index is 5.79. The number of nitrogens with one attached hydrogen (secondary N) is 1. The van der Waals surface area contributed by atoms with Gasteiger partial charge in [-0.2, -0.15) is 10.1 Å². The van der Waals surface area contributed by atoms with E-state index in [-0.39, 0.29) is 6.04 Å². The Morgan fingerprint density at radius 3 is 3.00 bits per heavy atom. The van der Waals surface area contributed by atoms with Crippen molar-refractivity contribution in [3.05, 3.63) is 29.6 Å². The van der Waals surface area contributed by atoms with E-state index in [0.717, 1.165) is 42.7 Å². The monoisotopic (exact) mass is 286 g/mol. The van der Waals surface area contributed by atoms with Gasteiger partial charge in [0.05, 0.1) is 19.3 Å². The number of rotatable bonds is 1. The Bertz CT molecular complexity index is 668. The molecule has 0 saturated carbocycles. The van der Waals surface area contributed by atoms with Crippen molar-refractivity contribution in [3.8, 4) is 11.5 Å². The molecule has 1 N–H and O–H groups in total. The maximum atomic E-state index is 5.79. The van der Waals surface area contributed by atoms with Gasteiger partial charge in [0, 0.05) is 13.0 Å². The molecule has 3 heterocycles. The molecule has 0 saturated heterocycles. The highest BCUT2D eigenvalue weighted by molar-refractivity contribution is 5.45. The molecule has 0 fully saturated rings. The summed E-state index contributed by atoms with van der Waals surface area (Å²) >= 11 is 0. The number of hydrogen-bond donors (Lipinski definition) is 1. The summed E-state index contributed by atoms with van der Waals surface area (Å²) < 4.78 is 13.4. The van der Waals surface area contributed by atoms with Gasteiger partial charge in [-0.3, -0.25) is 0 Å². The highest BCUT2D eigenvalue weighted by atomic mass is 16.5. The van der Waals surface area contributed by atoms with Gasteiger partial charge in [-0.05, 0) is 31.0 Å². The summed E-state index contributed by atoms with van der Waals surface area (Å²) in [5.41, 5.74) is 1.19. The van der Waals surface area contributed by atoms with Crippen LogP contribution in [0.4, 0.5) is 5.95 Å². The van der Waals surface area contributed by atoms with Crippen molar-refractivity contribution in [1.29, 1.82) is 0 Å². The average molecular weight is 286 g/mol. The van der Waals surface area contributed by atoms with Crippen molar-refractivity contribution in [2.75, 3.05) is 25.1 Å². The van der Waals surface area contributed by atoms with E-state index < -0.39 is 0 Å². The Morgan fingerprint density at radius 1 is 1.24 bits per heavy atom. The Morgan fingerprint density at radius 2 is 2.10 bits per heavy atom. The smallest absolute Gasteiger partial charge is 0.221 e. The summed E-state index contributed by atoms with van der Waals surface area (Å²) in [6, 6.07) is 6.38. The summed E-state index contributed by atoms with van der Waals surface area (Å²) in [5.74, 6) is 3.30. The van der Waals surface area contributed by atoms with Crippen LogP contribution in [0.3, 0.4) is 0 Å². The summed E-state index contributed by atoms with van der Waals surface area (Å²) in [5, 5.41) is 7.80. The third kappa shape index (κ3) is 2.20. The quantitative estimate of drug-likeness (QED) is 0.870. The lowest BCUT2D eigenvalue weighted by Gasteiger charge is -2.25. The second-order valence-electron chi connectivity index (χ2n) is 5.42. The standard InChI is InChI=1S/C15H18N4O2/c1-10-17-15-16-6-5-12(19(15)18-10)11-3-4-13-14(9-11)21-8-2-7-20-13/h3-4,9,12H,2,5-8H2,1H3,(H,16,17,18). The maximum Gasteiger partial charge on any atom is 0.221 e. The molecule has 1 unspecified atom stereocenters. The van der Waals surface area contributed by atoms with E-state index in [9.17, 15) is 0 Å². The van der Waals surface area contributed by atoms with Crippen LogP contribution in [0.2, 0.25) is 0 Å². The van der Waals surface area contributed by atoms with Crippen molar-refractivity contribution < 1.29 is 9.47 Å². The van der Waals surface area contributed by atoms with Gasteiger partial charge < -0.3 is 14.8 Å². The van der Waals surface area contributed by atoms with Crippen molar-refractivity contribution in [1.82, 2.24) is 14.8 Å². The van der Waals surface area contributed by atoms with E-state index in [4.69, 9.17) is 9.47 Å². The van der Waals surface area contributed by atoms with Crippen molar-refractivity contribution >= 4 is 5.95 Å². The number of anilines is 1. The fourth-order valence-electron chi connectivity index (χ4n) is 2.91. The van der Waals surface area contributed by atoms with Crippen LogP contribution in [-0.4, -0.2) is 34.5 Å². The van der Waals surface area contributed by atoms with Gasteiger partial charge in [-0.1, -0.05) is 6.07 Å². The molecule has 1 aromatic carbocycles. The lowest BCUT2D eigenvalue weighted by Crippen LogP contribution is -2.24. The van der Waals surface area contributed by atoms with Crippen LogP contribution in [-0.2, 0) is 0 Å². The predicted molar refractivity (Wildman–Crippen MR) is 78.1 cm³/mol. The Hall–Kier alpha value is -2.24. The zero-order valence-corrected chi connectivity index (χ0v) is 12.0. The van der Waals surface area contributed by atoms with Crippen molar-refractivity contribution in [2.24, 2.45) is 0 Å². The van der Waals surface area contributed by atoms with Gasteiger partial charge in [-0.15, -0.1) is 0 Å². The molecule has 1 aromatic heterocycles. The van der Waals surface area contributed by atoms with Crippen LogP contribution in [0.15, 0.2) is 18.2 Å². The van der Waals surface area contributed by atoms with Crippen LogP contribution in [0.5, 0.6) is 11.5 Å². The molecule has 2 aliphatic heterocycles. The van der Waals surface area contributed by atoms with Gasteiger partial charge in [0.2, 0.25) is 5.95 Å². The molecule has 0 bridgehead atoms. The molecular formula is C15H18N4O2. The van der Waals surface area contributed by atoms with Crippen LogP contribution in [0.25, 0.3) is 0 Å². The molecule has 4 rings (SSSR count). The van der Waals surface area contributed by atoms with E-state index in [2.05, 4.69) is 27.5 Å². The summed E-state index contributed by atoms with van der Waals surface area (Å²) in [4.78, 5) is 4.41. The minimum atomic E-state index is 0.194. The van der Waals surface area contributed by atoms with E-state index in [1.807, 2.05) is 17.7 Å². The number of hydrogen-bond acceptors (Lipinski definition) is 5. The second kappa shape index (κ2) is 4.95. The SMILES string of the molecule is Cc1nc2n(n1)C(c1ccc3c(c1)OCCCO3)CCN2. The fourth-order valence-corrected chi connectivity index (χ4v) is 2.91. The highest BCUT2D eigenvalue weighted by Gasteiger charge is 2.25. The molecule has 2 aliphatic rings. The normalized spacial score (nSPS) is 20.3. The first kappa shape index (κ1) is 12.5. The molecule has 0 amide bonds. The highest BCUT2D eigenvalue weighted by Crippen LogP contribution is 2.35. The Balaban J connectivity index is 1.72. The van der Waals surface area contributed by atoms with E-state index in [0.29, 0.717) is 13.2 Å². The summed E-state index contributed by atoms with van der Waals surface area (Å²) in [7, 11) is 0. The number of ether oxygens (including phenoxy) is 2. The second-order valence-corrected chi connectivity index (χ2v) is 5.42. The van der Waals surface area contributed by atoms with Gasteiger partial charge in [0.1, 0.15) is 5.82 Å². The van der Waals surface area contributed by atoms with Crippen LogP contribution < -0.4 is 14.8 Å². The molecule has 21 heavy (non-hydrogen) atoms. The molecule has 6 nitrogen and oxygen atoms in total. The molecule has 2 aromatic rings. The number of nitrogens with zero attached hydrogens (tertiary/aromatic N) is 3. The zero-order chi connectivity index (χ0) is 14.2. The molecule has 0 spiro atoms. The number of aryl methyl sites for hydroxylation is 1. The van der Waals surface area contributed by atoms with E-state index >= 15 is 0 Å². The van der Waals surface area contributed by atoms with Crippen molar-refractivity contribution in [3.63, 3.8) is 0 Å². The van der Waals surface area contributed by atoms with Crippen molar-refractivity contribution in [2.45, 2.75) is 25.8 Å². The minimum absolute atomic E-state index is 0.194. The molecular weight excluding hydrogens is 268 g/mol. The topological polar surface area (TPSA) is 61.2 Å². The average Bonchev–Trinajstić information content (AvgIpc) is 2.73. The van der Waals surface area contributed by atoms with E-state index in [1.165, 1.54) is 5.56 Å². The molecule has 1 atom stereocenters. The molecule has 0 radical (unpaired) electrons. The molecule has 110 valence electrons. The van der Waals surface area contributed by atoms with Gasteiger partial charge in [0.25, 0.3) is 0 Å². The van der Waals surface area contributed by atoms with Gasteiger partial charge in [-0.25, -0.2) is 4.68 Å². The van der Waals surface area contributed by atoms with E-state index in [1.54, 1.807) is 0 Å². The van der Waals surface area contributed by atoms with Gasteiger partial charge >= 0.3 is 0 Å². The first-order chi connectivity index (χ1) is 10.3. The Kier molecular flexibility index (Phi) is 2.94. The largest absolute Gasteiger partial charge is 0.490 e. The minimum Gasteiger partial charge on any atom is -0.490 e. The lowest BCUT2D eigenvalue weighted by atomic mass is 10.0. The molecule has 0 aliphatic carbocycles. The first-order valence-corrected chi connectivity index (χ1v) is 7.38. The zero-order valence-electron chi connectivity index (χ0n) is 12.0. The number of fused-ring (bicyclic) bond motifs is 2. The Labute approximate surface area is 123 Å². The molecule has 6 heteroatoms. The van der Waals surface area contributed by atoms with Gasteiger partial charge in [0.15, 0.2) is 11.5 Å². The summed E-state index contributed by atoms with van der Waals surface area (Å²) in [6.07, 6.45) is 1.90. The predicted octanol–water partition coefficient (Wildman–Crippen LogP) is 2.15. The fraction of sp³-hybridized carbons (Fsp3) is 0.467. The van der Waals surface area contributed by atoms with Crippen LogP contribution >= 0.6 is 0 Å². The first-order valence-electron chi connectivity index (χ1n) is 7.38. The third-order valence-corrected chi connectivity index (χ3v) is 3.89. The van der Waals surface area contributed by atoms with Crippen LogP contribution in [0, 0.1) is 6.92 Å². The third-order valence-electron chi connectivity index (χ3n) is 3.89. The van der Waals surface area contributed by atoms with Crippen LogP contribution in [0.1, 0.15) is 30.3 Å².